The first-order valence-corrected chi connectivity index (χ1v) is 5.45. The minimum absolute atomic E-state index is 0.0805. The molecular formula is C7H4Br2ClNO2. The summed E-state index contributed by atoms with van der Waals surface area (Å²) in [6, 6.07) is 4.64. The summed E-state index contributed by atoms with van der Waals surface area (Å²) in [7, 11) is 0. The summed E-state index contributed by atoms with van der Waals surface area (Å²) in [5, 5.41) is 10.6. The molecule has 0 aliphatic heterocycles. The van der Waals surface area contributed by atoms with Crippen LogP contribution in [0.2, 0.25) is 5.02 Å². The Labute approximate surface area is 96.5 Å². The smallest absolute Gasteiger partial charge is 0.258 e. The Bertz CT molecular complexity index is 343. The molecule has 0 saturated heterocycles. The van der Waals surface area contributed by atoms with Crippen LogP contribution in [0, 0.1) is 10.1 Å². The van der Waals surface area contributed by atoms with Gasteiger partial charge in [-0.1, -0.05) is 49.5 Å². The van der Waals surface area contributed by atoms with E-state index >= 15 is 0 Å². The number of nitro groups is 1. The van der Waals surface area contributed by atoms with E-state index in [1.165, 1.54) is 12.1 Å². The summed E-state index contributed by atoms with van der Waals surface area (Å²) < 4.78 is -0.101. The Balaban J connectivity index is 3.19. The van der Waals surface area contributed by atoms with Crippen LogP contribution in [-0.2, 0) is 0 Å². The van der Waals surface area contributed by atoms with Crippen LogP contribution in [0.3, 0.4) is 0 Å². The maximum atomic E-state index is 10.5. The predicted molar refractivity (Wildman–Crippen MR) is 58.7 cm³/mol. The van der Waals surface area contributed by atoms with Gasteiger partial charge in [0, 0.05) is 6.07 Å². The van der Waals surface area contributed by atoms with Gasteiger partial charge in [-0.15, -0.1) is 0 Å². The highest BCUT2D eigenvalue weighted by atomic mass is 79.9. The van der Waals surface area contributed by atoms with Crippen LogP contribution in [0.1, 0.15) is 9.30 Å². The van der Waals surface area contributed by atoms with Crippen molar-refractivity contribution in [1.29, 1.82) is 0 Å². The van der Waals surface area contributed by atoms with Crippen LogP contribution < -0.4 is 0 Å². The fraction of sp³-hybridized carbons (Fsp3) is 0.143. The highest BCUT2D eigenvalue weighted by molar-refractivity contribution is 9.24. The summed E-state index contributed by atoms with van der Waals surface area (Å²) in [5.41, 5.74) is 0.680. The van der Waals surface area contributed by atoms with Crippen LogP contribution in [0.25, 0.3) is 0 Å². The lowest BCUT2D eigenvalue weighted by Crippen LogP contribution is -1.91. The first-order valence-electron chi connectivity index (χ1n) is 3.24. The van der Waals surface area contributed by atoms with Crippen molar-refractivity contribution < 1.29 is 4.92 Å². The van der Waals surface area contributed by atoms with Crippen LogP contribution >= 0.6 is 43.5 Å². The first-order chi connectivity index (χ1) is 6.02. The number of hydrogen-bond donors (Lipinski definition) is 0. The molecule has 0 radical (unpaired) electrons. The quantitative estimate of drug-likeness (QED) is 0.467. The fourth-order valence-corrected chi connectivity index (χ4v) is 1.56. The standard InChI is InChI=1S/C7H4Br2ClNO2/c8-7(9)4-1-2-5(10)6(3-4)11(12)13/h1-3,7H. The molecule has 0 amide bonds. The van der Waals surface area contributed by atoms with Gasteiger partial charge in [-0.2, -0.15) is 0 Å². The molecule has 0 heterocycles. The molecule has 0 N–H and O–H groups in total. The third-order valence-electron chi connectivity index (χ3n) is 1.42. The Morgan fingerprint density at radius 3 is 2.54 bits per heavy atom. The molecule has 0 aliphatic rings. The molecule has 0 atom stereocenters. The summed E-state index contributed by atoms with van der Waals surface area (Å²) in [4.78, 5) is 9.98. The average Bonchev–Trinajstić information content (AvgIpc) is 2.04. The molecule has 3 nitrogen and oxygen atoms in total. The topological polar surface area (TPSA) is 43.1 Å². The fourth-order valence-electron chi connectivity index (χ4n) is 0.805. The molecule has 0 aromatic heterocycles. The van der Waals surface area contributed by atoms with Gasteiger partial charge in [0.2, 0.25) is 0 Å². The zero-order valence-corrected chi connectivity index (χ0v) is 10.1. The van der Waals surface area contributed by atoms with Gasteiger partial charge in [0.1, 0.15) is 5.02 Å². The van der Waals surface area contributed by atoms with Crippen LogP contribution in [0.5, 0.6) is 0 Å². The highest BCUT2D eigenvalue weighted by Gasteiger charge is 2.14. The highest BCUT2D eigenvalue weighted by Crippen LogP contribution is 2.34. The molecule has 0 aliphatic carbocycles. The maximum Gasteiger partial charge on any atom is 0.288 e. The van der Waals surface area contributed by atoms with Gasteiger partial charge in [-0.3, -0.25) is 10.1 Å². The van der Waals surface area contributed by atoms with E-state index < -0.39 is 4.92 Å². The molecule has 0 saturated carbocycles. The molecule has 1 aromatic carbocycles. The average molecular weight is 329 g/mol. The van der Waals surface area contributed by atoms with Crippen LogP contribution in [0.15, 0.2) is 18.2 Å². The van der Waals surface area contributed by atoms with E-state index in [-0.39, 0.29) is 14.4 Å². The second-order valence-corrected chi connectivity index (χ2v) is 5.74. The zero-order valence-electron chi connectivity index (χ0n) is 6.21. The molecule has 1 aromatic rings. The van der Waals surface area contributed by atoms with Crippen molar-refractivity contribution in [2.45, 2.75) is 3.74 Å². The predicted octanol–water partition coefficient (Wildman–Crippen LogP) is 4.04. The van der Waals surface area contributed by atoms with Gasteiger partial charge in [0.15, 0.2) is 0 Å². The Kier molecular flexibility index (Phi) is 3.70. The summed E-state index contributed by atoms with van der Waals surface area (Å²) in [5.74, 6) is 0. The van der Waals surface area contributed by atoms with Crippen LogP contribution in [0.4, 0.5) is 5.69 Å². The zero-order chi connectivity index (χ0) is 10.0. The molecule has 0 unspecified atom stereocenters. The minimum atomic E-state index is -0.506. The van der Waals surface area contributed by atoms with Crippen molar-refractivity contribution in [3.05, 3.63) is 38.9 Å². The van der Waals surface area contributed by atoms with Crippen LogP contribution in [-0.4, -0.2) is 4.92 Å². The van der Waals surface area contributed by atoms with E-state index in [2.05, 4.69) is 31.9 Å². The molecule has 1 rings (SSSR count). The van der Waals surface area contributed by atoms with Gasteiger partial charge in [-0.25, -0.2) is 0 Å². The normalized spacial score (nSPS) is 10.5. The Hall–Kier alpha value is -0.130. The van der Waals surface area contributed by atoms with Crippen molar-refractivity contribution in [2.75, 3.05) is 0 Å². The van der Waals surface area contributed by atoms with E-state index in [1.807, 2.05) is 0 Å². The number of halogens is 3. The molecular weight excluding hydrogens is 325 g/mol. The summed E-state index contributed by atoms with van der Waals surface area (Å²) in [6.07, 6.45) is 0. The Morgan fingerprint density at radius 1 is 1.46 bits per heavy atom. The summed E-state index contributed by atoms with van der Waals surface area (Å²) >= 11 is 12.1. The molecule has 0 fully saturated rings. The van der Waals surface area contributed by atoms with Gasteiger partial charge in [-0.05, 0) is 11.6 Å². The van der Waals surface area contributed by atoms with Gasteiger partial charge >= 0.3 is 0 Å². The van der Waals surface area contributed by atoms with E-state index in [1.54, 1.807) is 6.07 Å². The van der Waals surface area contributed by atoms with Crippen molar-refractivity contribution in [3.63, 3.8) is 0 Å². The van der Waals surface area contributed by atoms with E-state index in [9.17, 15) is 10.1 Å². The molecule has 13 heavy (non-hydrogen) atoms. The molecule has 0 spiro atoms. The second kappa shape index (κ2) is 4.39. The van der Waals surface area contributed by atoms with Crippen molar-refractivity contribution >= 4 is 49.1 Å². The largest absolute Gasteiger partial charge is 0.288 e. The maximum absolute atomic E-state index is 10.5. The summed E-state index contributed by atoms with van der Waals surface area (Å²) in [6.45, 7) is 0. The number of rotatable bonds is 2. The number of alkyl halides is 2. The number of nitro benzene ring substituents is 1. The molecule has 70 valence electrons. The van der Waals surface area contributed by atoms with E-state index in [4.69, 9.17) is 11.6 Å². The number of nitrogens with zero attached hydrogens (tertiary/aromatic N) is 1. The van der Waals surface area contributed by atoms with Gasteiger partial charge in [0.05, 0.1) is 8.66 Å². The second-order valence-electron chi connectivity index (χ2n) is 2.27. The van der Waals surface area contributed by atoms with Crippen molar-refractivity contribution in [2.24, 2.45) is 0 Å². The minimum Gasteiger partial charge on any atom is -0.258 e. The monoisotopic (exact) mass is 327 g/mol. The number of hydrogen-bond acceptors (Lipinski definition) is 2. The van der Waals surface area contributed by atoms with E-state index in [0.29, 0.717) is 0 Å². The third-order valence-corrected chi connectivity index (χ3v) is 2.80. The number of benzene rings is 1. The Morgan fingerprint density at radius 2 is 2.08 bits per heavy atom. The van der Waals surface area contributed by atoms with Gasteiger partial charge < -0.3 is 0 Å². The molecule has 0 bridgehead atoms. The van der Waals surface area contributed by atoms with Crippen molar-refractivity contribution in [1.82, 2.24) is 0 Å². The lowest BCUT2D eigenvalue weighted by molar-refractivity contribution is -0.384. The third kappa shape index (κ3) is 2.65. The lowest BCUT2D eigenvalue weighted by Gasteiger charge is -2.02. The lowest BCUT2D eigenvalue weighted by atomic mass is 10.2. The van der Waals surface area contributed by atoms with Crippen molar-refractivity contribution in [3.8, 4) is 0 Å². The SMILES string of the molecule is O=[N+]([O-])c1cc(C(Br)Br)ccc1Cl. The van der Waals surface area contributed by atoms with Gasteiger partial charge in [0.25, 0.3) is 5.69 Å². The van der Waals surface area contributed by atoms with E-state index in [0.717, 1.165) is 5.56 Å². The first kappa shape index (κ1) is 10.9. The molecule has 6 heteroatoms.